The Balaban J connectivity index is 1.61. The van der Waals surface area contributed by atoms with E-state index in [0.29, 0.717) is 32.1 Å². The van der Waals surface area contributed by atoms with Crippen LogP contribution in [0.3, 0.4) is 0 Å². The second kappa shape index (κ2) is 8.27. The normalized spacial score (nSPS) is 13.6. The fraction of sp³-hybridized carbons (Fsp3) is 0.333. The Hall–Kier alpha value is -3.20. The Bertz CT molecular complexity index is 1180. The number of aryl methyl sites for hydroxylation is 1. The number of hydrogen-bond acceptors (Lipinski definition) is 6. The van der Waals surface area contributed by atoms with Crippen LogP contribution in [0.5, 0.6) is 5.75 Å². The quantitative estimate of drug-likeness (QED) is 0.677. The predicted molar refractivity (Wildman–Crippen MR) is 115 cm³/mol. The van der Waals surface area contributed by atoms with Gasteiger partial charge in [0.1, 0.15) is 17.1 Å². The molecule has 8 nitrogen and oxygen atoms in total. The summed E-state index contributed by atoms with van der Waals surface area (Å²) in [6.45, 7) is 3.15. The minimum absolute atomic E-state index is 0.0393. The molecule has 1 aliphatic heterocycles. The molecule has 156 valence electrons. The molecule has 2 aromatic heterocycles. The Morgan fingerprint density at radius 1 is 1.27 bits per heavy atom. The molecular weight excluding hydrogens is 404 g/mol. The van der Waals surface area contributed by atoms with E-state index >= 15 is 0 Å². The molecule has 3 aromatic rings. The van der Waals surface area contributed by atoms with Crippen LogP contribution in [0.4, 0.5) is 5.69 Å². The molecule has 30 heavy (non-hydrogen) atoms. The summed E-state index contributed by atoms with van der Waals surface area (Å²) in [5.74, 6) is 0.232. The van der Waals surface area contributed by atoms with Crippen molar-refractivity contribution in [3.8, 4) is 5.75 Å². The van der Waals surface area contributed by atoms with Crippen molar-refractivity contribution in [1.29, 1.82) is 0 Å². The van der Waals surface area contributed by atoms with Gasteiger partial charge in [-0.1, -0.05) is 6.07 Å². The molecule has 0 saturated carbocycles. The number of likely N-dealkylation sites (tertiary alicyclic amines) is 1. The van der Waals surface area contributed by atoms with Gasteiger partial charge in [-0.3, -0.25) is 19.0 Å². The first-order chi connectivity index (χ1) is 14.5. The fourth-order valence-electron chi connectivity index (χ4n) is 3.59. The highest BCUT2D eigenvalue weighted by Gasteiger charge is 2.22. The summed E-state index contributed by atoms with van der Waals surface area (Å²) in [6.07, 6.45) is 3.37. The summed E-state index contributed by atoms with van der Waals surface area (Å²) < 4.78 is 6.50. The zero-order valence-corrected chi connectivity index (χ0v) is 17.6. The van der Waals surface area contributed by atoms with Gasteiger partial charge >= 0.3 is 0 Å². The fourth-order valence-corrected chi connectivity index (χ4v) is 4.62. The van der Waals surface area contributed by atoms with Gasteiger partial charge in [-0.15, -0.1) is 11.3 Å². The summed E-state index contributed by atoms with van der Waals surface area (Å²) in [4.78, 5) is 45.2. The summed E-state index contributed by atoms with van der Waals surface area (Å²) in [5, 5.41) is 3.21. The van der Waals surface area contributed by atoms with Crippen LogP contribution in [0.15, 0.2) is 35.4 Å². The molecule has 1 aliphatic rings. The smallest absolute Gasteiger partial charge is 0.266 e. The molecule has 0 aliphatic carbocycles. The van der Waals surface area contributed by atoms with Crippen LogP contribution in [0, 0.1) is 6.92 Å². The van der Waals surface area contributed by atoms with E-state index in [1.165, 1.54) is 22.2 Å². The monoisotopic (exact) mass is 426 g/mol. The lowest BCUT2D eigenvalue weighted by Crippen LogP contribution is -2.34. The molecule has 2 amide bonds. The van der Waals surface area contributed by atoms with Crippen molar-refractivity contribution in [3.63, 3.8) is 0 Å². The highest BCUT2D eigenvalue weighted by molar-refractivity contribution is 7.20. The molecule has 0 spiro atoms. The van der Waals surface area contributed by atoms with Gasteiger partial charge in [0.05, 0.1) is 23.7 Å². The number of hydrogen-bond donors (Lipinski definition) is 1. The molecule has 0 unspecified atom stereocenters. The lowest BCUT2D eigenvalue weighted by atomic mass is 10.2. The van der Waals surface area contributed by atoms with Crippen LogP contribution in [-0.4, -0.2) is 46.5 Å². The topological polar surface area (TPSA) is 93.5 Å². The largest absolute Gasteiger partial charge is 0.497 e. The molecule has 0 radical (unpaired) electrons. The number of thiophene rings is 1. The SMILES string of the molecule is COc1cccc(NC(=O)c2sc3ncn(CC(=O)N4CCCC4)c(=O)c3c2C)c1. The molecule has 1 fully saturated rings. The van der Waals surface area contributed by atoms with E-state index in [1.54, 1.807) is 43.2 Å². The number of carbonyl (C=O) groups excluding carboxylic acids is 2. The lowest BCUT2D eigenvalue weighted by molar-refractivity contribution is -0.130. The number of methoxy groups -OCH3 is 1. The molecule has 0 atom stereocenters. The third kappa shape index (κ3) is 3.80. The van der Waals surface area contributed by atoms with E-state index in [2.05, 4.69) is 10.3 Å². The molecule has 0 bridgehead atoms. The third-order valence-electron chi connectivity index (χ3n) is 5.22. The molecule has 9 heteroatoms. The molecule has 4 rings (SSSR count). The van der Waals surface area contributed by atoms with E-state index in [-0.39, 0.29) is 23.9 Å². The summed E-state index contributed by atoms with van der Waals surface area (Å²) >= 11 is 1.17. The first kappa shape index (κ1) is 20.1. The average Bonchev–Trinajstić information content (AvgIpc) is 3.39. The zero-order chi connectivity index (χ0) is 21.3. The van der Waals surface area contributed by atoms with Gasteiger partial charge in [-0.25, -0.2) is 4.98 Å². The van der Waals surface area contributed by atoms with E-state index in [0.717, 1.165) is 25.9 Å². The van der Waals surface area contributed by atoms with Gasteiger partial charge in [0.25, 0.3) is 11.5 Å². The number of ether oxygens (including phenoxy) is 1. The Morgan fingerprint density at radius 3 is 2.77 bits per heavy atom. The van der Waals surface area contributed by atoms with Crippen molar-refractivity contribution in [2.24, 2.45) is 0 Å². The highest BCUT2D eigenvalue weighted by Crippen LogP contribution is 2.28. The van der Waals surface area contributed by atoms with Crippen molar-refractivity contribution < 1.29 is 14.3 Å². The molecule has 1 N–H and O–H groups in total. The Labute approximate surface area is 177 Å². The first-order valence-corrected chi connectivity index (χ1v) is 10.5. The van der Waals surface area contributed by atoms with Crippen molar-refractivity contribution in [3.05, 3.63) is 51.4 Å². The number of fused-ring (bicyclic) bond motifs is 1. The number of aromatic nitrogens is 2. The minimum Gasteiger partial charge on any atom is -0.497 e. The average molecular weight is 426 g/mol. The first-order valence-electron chi connectivity index (χ1n) is 9.69. The number of anilines is 1. The van der Waals surface area contributed by atoms with Gasteiger partial charge in [-0.05, 0) is 37.5 Å². The summed E-state index contributed by atoms with van der Waals surface area (Å²) in [6, 6.07) is 7.05. The molecule has 1 aromatic carbocycles. The van der Waals surface area contributed by atoms with Gasteiger partial charge in [-0.2, -0.15) is 0 Å². The maximum absolute atomic E-state index is 13.0. The van der Waals surface area contributed by atoms with E-state index in [4.69, 9.17) is 4.74 Å². The second-order valence-corrected chi connectivity index (χ2v) is 8.19. The van der Waals surface area contributed by atoms with Crippen LogP contribution in [0.1, 0.15) is 28.1 Å². The van der Waals surface area contributed by atoms with Gasteiger partial charge in [0.15, 0.2) is 0 Å². The number of amides is 2. The maximum atomic E-state index is 13.0. The van der Waals surface area contributed by atoms with Crippen LogP contribution in [0.2, 0.25) is 0 Å². The van der Waals surface area contributed by atoms with E-state index in [1.807, 2.05) is 0 Å². The van der Waals surface area contributed by atoms with Gasteiger partial charge < -0.3 is 15.0 Å². The van der Waals surface area contributed by atoms with Crippen molar-refractivity contribution >= 4 is 39.1 Å². The number of nitrogens with zero attached hydrogens (tertiary/aromatic N) is 3. The van der Waals surface area contributed by atoms with Crippen LogP contribution < -0.4 is 15.6 Å². The Kier molecular flexibility index (Phi) is 5.54. The second-order valence-electron chi connectivity index (χ2n) is 7.19. The number of rotatable bonds is 5. The molecule has 1 saturated heterocycles. The maximum Gasteiger partial charge on any atom is 0.266 e. The number of nitrogens with one attached hydrogen (secondary N) is 1. The van der Waals surface area contributed by atoms with Crippen molar-refractivity contribution in [1.82, 2.24) is 14.5 Å². The minimum atomic E-state index is -0.317. The van der Waals surface area contributed by atoms with Crippen LogP contribution in [0.25, 0.3) is 10.2 Å². The zero-order valence-electron chi connectivity index (χ0n) is 16.8. The van der Waals surface area contributed by atoms with Gasteiger partial charge in [0.2, 0.25) is 5.91 Å². The van der Waals surface area contributed by atoms with Crippen LogP contribution >= 0.6 is 11.3 Å². The van der Waals surface area contributed by atoms with E-state index < -0.39 is 0 Å². The molecular formula is C21H22N4O4S. The Morgan fingerprint density at radius 2 is 2.03 bits per heavy atom. The lowest BCUT2D eigenvalue weighted by Gasteiger charge is -2.15. The van der Waals surface area contributed by atoms with Gasteiger partial charge in [0, 0.05) is 24.8 Å². The summed E-state index contributed by atoms with van der Waals surface area (Å²) in [5.41, 5.74) is 0.857. The number of carbonyl (C=O) groups is 2. The van der Waals surface area contributed by atoms with Crippen molar-refractivity contribution in [2.45, 2.75) is 26.3 Å². The standard InChI is InChI=1S/C21H22N4O4S/c1-13-17-20(22-12-25(21(17)28)11-16(26)24-8-3-4-9-24)30-18(13)19(27)23-14-6-5-7-15(10-14)29-2/h5-7,10,12H,3-4,8-9,11H2,1-2H3,(H,23,27). The summed E-state index contributed by atoms with van der Waals surface area (Å²) in [7, 11) is 1.56. The molecule has 3 heterocycles. The third-order valence-corrected chi connectivity index (χ3v) is 6.41. The van der Waals surface area contributed by atoms with E-state index in [9.17, 15) is 14.4 Å². The van der Waals surface area contributed by atoms with Crippen molar-refractivity contribution in [2.75, 3.05) is 25.5 Å². The van der Waals surface area contributed by atoms with Crippen LogP contribution in [-0.2, 0) is 11.3 Å². The highest BCUT2D eigenvalue weighted by atomic mass is 32.1. The number of benzene rings is 1. The predicted octanol–water partition coefficient (Wildman–Crippen LogP) is 2.65.